The summed E-state index contributed by atoms with van der Waals surface area (Å²) in [5.41, 5.74) is 3.44. The molecule has 7 nitrogen and oxygen atoms in total. The SMILES string of the molecule is CCNC(=NCc1ccc(C)cc1OC(C)C)NCC(c1cnn(C)c1)N(C)C.I. The van der Waals surface area contributed by atoms with Gasteiger partial charge in [0, 0.05) is 37.5 Å². The van der Waals surface area contributed by atoms with Crippen molar-refractivity contribution >= 4 is 29.9 Å². The lowest BCUT2D eigenvalue weighted by Gasteiger charge is -2.24. The van der Waals surface area contributed by atoms with E-state index in [1.54, 1.807) is 0 Å². The minimum atomic E-state index is 0. The Kier molecular flexibility index (Phi) is 11.2. The summed E-state index contributed by atoms with van der Waals surface area (Å²) < 4.78 is 7.81. The van der Waals surface area contributed by atoms with Crippen LogP contribution in [0.3, 0.4) is 0 Å². The lowest BCUT2D eigenvalue weighted by Crippen LogP contribution is -2.41. The lowest BCUT2D eigenvalue weighted by atomic mass is 10.1. The minimum Gasteiger partial charge on any atom is -0.491 e. The molecule has 1 aromatic heterocycles. The highest BCUT2D eigenvalue weighted by Crippen LogP contribution is 2.22. The number of rotatable bonds is 9. The largest absolute Gasteiger partial charge is 0.491 e. The third-order valence-corrected chi connectivity index (χ3v) is 4.53. The molecule has 0 aliphatic rings. The van der Waals surface area contributed by atoms with Crippen molar-refractivity contribution < 1.29 is 4.74 Å². The number of ether oxygens (including phenoxy) is 1. The van der Waals surface area contributed by atoms with Gasteiger partial charge in [-0.25, -0.2) is 4.99 Å². The molecule has 0 fully saturated rings. The van der Waals surface area contributed by atoms with E-state index in [9.17, 15) is 0 Å². The van der Waals surface area contributed by atoms with Crippen molar-refractivity contribution in [3.8, 4) is 5.75 Å². The van der Waals surface area contributed by atoms with Gasteiger partial charge in [-0.2, -0.15) is 5.10 Å². The molecule has 0 bridgehead atoms. The van der Waals surface area contributed by atoms with E-state index in [-0.39, 0.29) is 36.1 Å². The Bertz CT molecular complexity index is 803. The number of nitrogens with zero attached hydrogens (tertiary/aromatic N) is 4. The summed E-state index contributed by atoms with van der Waals surface area (Å²) in [6, 6.07) is 6.48. The molecule has 1 aromatic carbocycles. The lowest BCUT2D eigenvalue weighted by molar-refractivity contribution is 0.240. The quantitative estimate of drug-likeness (QED) is 0.297. The fraction of sp³-hybridized carbons (Fsp3) is 0.545. The average Bonchev–Trinajstić information content (AvgIpc) is 3.06. The Labute approximate surface area is 198 Å². The maximum atomic E-state index is 5.98. The number of guanidine groups is 1. The number of hydrogen-bond donors (Lipinski definition) is 2. The van der Waals surface area contributed by atoms with Crippen LogP contribution in [0.5, 0.6) is 5.75 Å². The molecule has 0 aliphatic heterocycles. The van der Waals surface area contributed by atoms with Crippen LogP contribution in [0.2, 0.25) is 0 Å². The van der Waals surface area contributed by atoms with Gasteiger partial charge in [-0.3, -0.25) is 4.68 Å². The molecular formula is C22H37IN6O. The van der Waals surface area contributed by atoms with E-state index < -0.39 is 0 Å². The number of likely N-dealkylation sites (N-methyl/N-ethyl adjacent to an activating group) is 1. The first kappa shape index (κ1) is 26.2. The van der Waals surface area contributed by atoms with Crippen molar-refractivity contribution in [1.29, 1.82) is 0 Å². The van der Waals surface area contributed by atoms with E-state index in [0.717, 1.165) is 30.4 Å². The summed E-state index contributed by atoms with van der Waals surface area (Å²) in [4.78, 5) is 6.97. The molecule has 1 unspecified atom stereocenters. The Morgan fingerprint density at radius 1 is 1.27 bits per heavy atom. The van der Waals surface area contributed by atoms with Crippen molar-refractivity contribution in [1.82, 2.24) is 25.3 Å². The molecule has 0 radical (unpaired) electrons. The zero-order valence-corrected chi connectivity index (χ0v) is 21.6. The third kappa shape index (κ3) is 8.14. The third-order valence-electron chi connectivity index (χ3n) is 4.53. The summed E-state index contributed by atoms with van der Waals surface area (Å²) in [6.45, 7) is 10.3. The molecule has 8 heteroatoms. The number of aryl methyl sites for hydroxylation is 2. The van der Waals surface area contributed by atoms with Crippen LogP contribution in [-0.4, -0.2) is 53.9 Å². The second kappa shape index (κ2) is 12.8. The van der Waals surface area contributed by atoms with Gasteiger partial charge in [-0.1, -0.05) is 12.1 Å². The molecule has 30 heavy (non-hydrogen) atoms. The van der Waals surface area contributed by atoms with Gasteiger partial charge in [0.1, 0.15) is 5.75 Å². The maximum absolute atomic E-state index is 5.98. The molecule has 0 aliphatic carbocycles. The van der Waals surface area contributed by atoms with Crippen LogP contribution in [0.25, 0.3) is 0 Å². The summed E-state index contributed by atoms with van der Waals surface area (Å²) in [7, 11) is 6.09. The van der Waals surface area contributed by atoms with Gasteiger partial charge in [-0.15, -0.1) is 24.0 Å². The number of benzene rings is 1. The van der Waals surface area contributed by atoms with Crippen LogP contribution in [0.1, 0.15) is 43.5 Å². The predicted octanol–water partition coefficient (Wildman–Crippen LogP) is 3.49. The van der Waals surface area contributed by atoms with Gasteiger partial charge in [-0.05, 0) is 53.4 Å². The van der Waals surface area contributed by atoms with Gasteiger partial charge < -0.3 is 20.3 Å². The molecule has 0 amide bonds. The minimum absolute atomic E-state index is 0. The van der Waals surface area contributed by atoms with E-state index in [1.165, 1.54) is 11.1 Å². The zero-order valence-electron chi connectivity index (χ0n) is 19.3. The van der Waals surface area contributed by atoms with Crippen LogP contribution in [0.15, 0.2) is 35.6 Å². The number of hydrogen-bond acceptors (Lipinski definition) is 4. The highest BCUT2D eigenvalue weighted by atomic mass is 127. The average molecular weight is 528 g/mol. The molecule has 1 atom stereocenters. The fourth-order valence-corrected chi connectivity index (χ4v) is 3.07. The number of nitrogens with one attached hydrogen (secondary N) is 2. The first-order valence-corrected chi connectivity index (χ1v) is 10.2. The van der Waals surface area contributed by atoms with Gasteiger partial charge >= 0.3 is 0 Å². The van der Waals surface area contributed by atoms with E-state index >= 15 is 0 Å². The second-order valence-electron chi connectivity index (χ2n) is 7.78. The van der Waals surface area contributed by atoms with Crippen LogP contribution < -0.4 is 15.4 Å². The van der Waals surface area contributed by atoms with Gasteiger partial charge in [0.25, 0.3) is 0 Å². The van der Waals surface area contributed by atoms with E-state index in [4.69, 9.17) is 9.73 Å². The highest BCUT2D eigenvalue weighted by Gasteiger charge is 2.16. The number of aromatic nitrogens is 2. The number of halogens is 1. The van der Waals surface area contributed by atoms with E-state index in [1.807, 2.05) is 31.8 Å². The Morgan fingerprint density at radius 2 is 2.00 bits per heavy atom. The van der Waals surface area contributed by atoms with Gasteiger partial charge in [0.05, 0.1) is 24.9 Å². The molecule has 2 rings (SSSR count). The van der Waals surface area contributed by atoms with Crippen LogP contribution in [0.4, 0.5) is 0 Å². The standard InChI is InChI=1S/C22H36N6O.HI/c1-8-23-22(25-14-20(27(5)6)19-13-26-28(7)15-19)24-12-18-10-9-17(4)11-21(18)29-16(2)3;/h9-11,13,15-16,20H,8,12,14H2,1-7H3,(H2,23,24,25);1H. The first-order valence-electron chi connectivity index (χ1n) is 10.2. The molecule has 0 saturated carbocycles. The summed E-state index contributed by atoms with van der Waals surface area (Å²) in [5.74, 6) is 1.69. The van der Waals surface area contributed by atoms with Crippen LogP contribution in [0, 0.1) is 6.92 Å². The molecule has 2 N–H and O–H groups in total. The first-order chi connectivity index (χ1) is 13.8. The fourth-order valence-electron chi connectivity index (χ4n) is 3.07. The predicted molar refractivity (Wildman–Crippen MR) is 135 cm³/mol. The molecule has 0 saturated heterocycles. The smallest absolute Gasteiger partial charge is 0.191 e. The van der Waals surface area contributed by atoms with Crippen molar-refractivity contribution in [3.05, 3.63) is 47.3 Å². The van der Waals surface area contributed by atoms with Crippen molar-refractivity contribution in [2.75, 3.05) is 27.2 Å². The second-order valence-corrected chi connectivity index (χ2v) is 7.78. The normalized spacial score (nSPS) is 12.6. The van der Waals surface area contributed by atoms with Crippen molar-refractivity contribution in [3.63, 3.8) is 0 Å². The van der Waals surface area contributed by atoms with Crippen LogP contribution >= 0.6 is 24.0 Å². The molecule has 168 valence electrons. The molecule has 1 heterocycles. The molecule has 0 spiro atoms. The number of aliphatic imine (C=N–C) groups is 1. The van der Waals surface area contributed by atoms with Crippen molar-refractivity contribution in [2.45, 2.75) is 46.4 Å². The Balaban J connectivity index is 0.00000450. The molecular weight excluding hydrogens is 491 g/mol. The van der Waals surface area contributed by atoms with Crippen molar-refractivity contribution in [2.24, 2.45) is 12.0 Å². The van der Waals surface area contributed by atoms with Crippen LogP contribution in [-0.2, 0) is 13.6 Å². The van der Waals surface area contributed by atoms with E-state index in [2.05, 4.69) is 73.0 Å². The summed E-state index contributed by atoms with van der Waals surface area (Å²) >= 11 is 0. The van der Waals surface area contributed by atoms with Gasteiger partial charge in [0.15, 0.2) is 5.96 Å². The summed E-state index contributed by atoms with van der Waals surface area (Å²) in [6.07, 6.45) is 4.10. The van der Waals surface area contributed by atoms with E-state index in [0.29, 0.717) is 6.54 Å². The zero-order chi connectivity index (χ0) is 21.4. The Hall–Kier alpha value is -1.81. The monoisotopic (exact) mass is 528 g/mol. The van der Waals surface area contributed by atoms with Gasteiger partial charge in [0.2, 0.25) is 0 Å². The highest BCUT2D eigenvalue weighted by molar-refractivity contribution is 14.0. The Morgan fingerprint density at radius 3 is 2.57 bits per heavy atom. The molecule has 2 aromatic rings. The summed E-state index contributed by atoms with van der Waals surface area (Å²) in [5, 5.41) is 11.1. The maximum Gasteiger partial charge on any atom is 0.191 e. The topological polar surface area (TPSA) is 66.7 Å².